The molecule has 0 fully saturated rings. The van der Waals surface area contributed by atoms with Crippen LogP contribution in [0.3, 0.4) is 0 Å². The van der Waals surface area contributed by atoms with Crippen molar-refractivity contribution in [2.75, 3.05) is 0 Å². The fourth-order valence-electron chi connectivity index (χ4n) is 3.88. The predicted octanol–water partition coefficient (Wildman–Crippen LogP) is 6.99. The number of carbonyl (C=O) groups is 2. The quantitative estimate of drug-likeness (QED) is 0.297. The molecule has 0 radical (unpaired) electrons. The molecule has 4 heteroatoms. The van der Waals surface area contributed by atoms with Crippen LogP contribution in [0.5, 0.6) is 0 Å². The second-order valence-corrected chi connectivity index (χ2v) is 7.90. The van der Waals surface area contributed by atoms with E-state index in [-0.39, 0.29) is 11.9 Å². The first-order valence-electron chi connectivity index (χ1n) is 11.3. The van der Waals surface area contributed by atoms with Gasteiger partial charge in [-0.05, 0) is 56.6 Å². The van der Waals surface area contributed by atoms with E-state index in [4.69, 9.17) is 9.47 Å². The fourth-order valence-corrected chi connectivity index (χ4v) is 3.88. The predicted molar refractivity (Wildman–Crippen MR) is 114 cm³/mol. The molecule has 0 aromatic heterocycles. The van der Waals surface area contributed by atoms with Crippen molar-refractivity contribution >= 4 is 11.9 Å². The molecule has 0 bridgehead atoms. The van der Waals surface area contributed by atoms with Crippen LogP contribution in [-0.4, -0.2) is 11.9 Å². The van der Waals surface area contributed by atoms with Gasteiger partial charge in [-0.1, -0.05) is 46.0 Å². The zero-order valence-corrected chi connectivity index (χ0v) is 18.5. The molecule has 0 N–H and O–H groups in total. The topological polar surface area (TPSA) is 52.6 Å². The normalized spacial score (nSPS) is 18.4. The molecule has 1 atom stereocenters. The summed E-state index contributed by atoms with van der Waals surface area (Å²) in [4.78, 5) is 21.6. The Kier molecular flexibility index (Phi) is 12.6. The Balaban J connectivity index is 0.000000280. The van der Waals surface area contributed by atoms with Crippen LogP contribution in [0.15, 0.2) is 23.2 Å². The molecule has 2 aliphatic carbocycles. The van der Waals surface area contributed by atoms with Gasteiger partial charge in [-0.2, -0.15) is 0 Å². The van der Waals surface area contributed by atoms with Gasteiger partial charge in [0.05, 0.1) is 0 Å². The first kappa shape index (κ1) is 24.5. The summed E-state index contributed by atoms with van der Waals surface area (Å²) < 4.78 is 10.4. The Labute approximate surface area is 171 Å². The lowest BCUT2D eigenvalue weighted by molar-refractivity contribution is -0.138. The molecule has 0 spiro atoms. The molecule has 1 unspecified atom stereocenters. The standard InChI is InChI=1S/2C12H20O2/c2*1-3-4-5-7-11-8-6-9-12(11)14-10(2)13/h3-9H2,1-2H3;9,11H,3-8H2,1-2H3. The number of hydrogen-bond acceptors (Lipinski definition) is 4. The van der Waals surface area contributed by atoms with Crippen LogP contribution in [0, 0.1) is 5.92 Å². The van der Waals surface area contributed by atoms with E-state index in [0.717, 1.165) is 50.0 Å². The summed E-state index contributed by atoms with van der Waals surface area (Å²) >= 11 is 0. The zero-order valence-electron chi connectivity index (χ0n) is 18.5. The summed E-state index contributed by atoms with van der Waals surface area (Å²) in [6, 6.07) is 0. The van der Waals surface area contributed by atoms with Crippen molar-refractivity contribution in [3.8, 4) is 0 Å². The van der Waals surface area contributed by atoms with Gasteiger partial charge in [0.25, 0.3) is 0 Å². The van der Waals surface area contributed by atoms with Crippen LogP contribution < -0.4 is 0 Å². The molecule has 160 valence electrons. The van der Waals surface area contributed by atoms with Crippen molar-refractivity contribution in [3.05, 3.63) is 23.2 Å². The molecule has 2 rings (SSSR count). The minimum Gasteiger partial charge on any atom is -0.431 e. The molecule has 28 heavy (non-hydrogen) atoms. The van der Waals surface area contributed by atoms with E-state index in [1.165, 1.54) is 64.4 Å². The van der Waals surface area contributed by atoms with Gasteiger partial charge >= 0.3 is 11.9 Å². The van der Waals surface area contributed by atoms with Crippen molar-refractivity contribution in [1.82, 2.24) is 0 Å². The maximum absolute atomic E-state index is 10.8. The average Bonchev–Trinajstić information content (AvgIpc) is 3.25. The number of rotatable bonds is 10. The molecule has 0 saturated heterocycles. The summed E-state index contributed by atoms with van der Waals surface area (Å²) in [5, 5.41) is 0. The third-order valence-corrected chi connectivity index (χ3v) is 5.31. The number of allylic oxidation sites excluding steroid dienone is 4. The van der Waals surface area contributed by atoms with E-state index in [1.54, 1.807) is 0 Å². The van der Waals surface area contributed by atoms with Crippen molar-refractivity contribution in [1.29, 1.82) is 0 Å². The summed E-state index contributed by atoms with van der Waals surface area (Å²) in [5.74, 6) is 2.04. The van der Waals surface area contributed by atoms with Gasteiger partial charge in [-0.3, -0.25) is 9.59 Å². The van der Waals surface area contributed by atoms with Crippen molar-refractivity contribution < 1.29 is 19.1 Å². The van der Waals surface area contributed by atoms with Gasteiger partial charge in [0.2, 0.25) is 0 Å². The smallest absolute Gasteiger partial charge is 0.307 e. The minimum atomic E-state index is -0.182. The molecule has 0 aromatic rings. The number of unbranched alkanes of at least 4 members (excludes halogenated alkanes) is 4. The summed E-state index contributed by atoms with van der Waals surface area (Å²) in [6.45, 7) is 7.37. The fraction of sp³-hybridized carbons (Fsp3) is 0.750. The van der Waals surface area contributed by atoms with Gasteiger partial charge in [0, 0.05) is 26.2 Å². The minimum absolute atomic E-state index is 0.171. The Morgan fingerprint density at radius 1 is 0.964 bits per heavy atom. The summed E-state index contributed by atoms with van der Waals surface area (Å²) in [6.07, 6.45) is 17.4. The van der Waals surface area contributed by atoms with E-state index < -0.39 is 0 Å². The van der Waals surface area contributed by atoms with E-state index >= 15 is 0 Å². The average molecular weight is 393 g/mol. The van der Waals surface area contributed by atoms with Crippen LogP contribution >= 0.6 is 0 Å². The van der Waals surface area contributed by atoms with Crippen LogP contribution in [0.2, 0.25) is 0 Å². The van der Waals surface area contributed by atoms with E-state index in [2.05, 4.69) is 19.9 Å². The maximum atomic E-state index is 10.8. The lowest BCUT2D eigenvalue weighted by Crippen LogP contribution is -2.06. The first-order chi connectivity index (χ1) is 13.5. The van der Waals surface area contributed by atoms with Gasteiger partial charge in [-0.15, -0.1) is 0 Å². The number of carbonyl (C=O) groups excluding carboxylic acids is 2. The monoisotopic (exact) mass is 392 g/mol. The first-order valence-corrected chi connectivity index (χ1v) is 11.3. The molecule has 4 nitrogen and oxygen atoms in total. The summed E-state index contributed by atoms with van der Waals surface area (Å²) in [7, 11) is 0. The highest BCUT2D eigenvalue weighted by molar-refractivity contribution is 5.67. The molecule has 0 saturated carbocycles. The molecular weight excluding hydrogens is 352 g/mol. The SMILES string of the molecule is CCCCCC1=C(OC(C)=O)CCC1.CCCCCC1CCC=C1OC(C)=O. The third kappa shape index (κ3) is 10.1. The highest BCUT2D eigenvalue weighted by Crippen LogP contribution is 2.31. The second kappa shape index (κ2) is 14.4. The van der Waals surface area contributed by atoms with Gasteiger partial charge in [0.1, 0.15) is 11.5 Å². The Morgan fingerprint density at radius 2 is 1.64 bits per heavy atom. The van der Waals surface area contributed by atoms with E-state index in [9.17, 15) is 9.59 Å². The van der Waals surface area contributed by atoms with Crippen molar-refractivity contribution in [2.24, 2.45) is 5.92 Å². The Morgan fingerprint density at radius 3 is 2.29 bits per heavy atom. The van der Waals surface area contributed by atoms with E-state index in [1.807, 2.05) is 0 Å². The molecule has 0 heterocycles. The van der Waals surface area contributed by atoms with E-state index in [0.29, 0.717) is 5.92 Å². The van der Waals surface area contributed by atoms with Crippen LogP contribution in [0.4, 0.5) is 0 Å². The lowest BCUT2D eigenvalue weighted by atomic mass is 10.00. The lowest BCUT2D eigenvalue weighted by Gasteiger charge is -2.13. The number of esters is 2. The van der Waals surface area contributed by atoms with Gasteiger partial charge in [-0.25, -0.2) is 0 Å². The highest BCUT2D eigenvalue weighted by Gasteiger charge is 2.21. The molecule has 2 aliphatic rings. The number of hydrogen-bond donors (Lipinski definition) is 0. The number of ether oxygens (including phenoxy) is 2. The van der Waals surface area contributed by atoms with Crippen LogP contribution in [0.25, 0.3) is 0 Å². The second-order valence-electron chi connectivity index (χ2n) is 7.90. The largest absolute Gasteiger partial charge is 0.431 e. The molecule has 0 aromatic carbocycles. The van der Waals surface area contributed by atoms with Crippen LogP contribution in [-0.2, 0) is 19.1 Å². The van der Waals surface area contributed by atoms with Gasteiger partial charge in [0.15, 0.2) is 0 Å². The molecule has 0 amide bonds. The van der Waals surface area contributed by atoms with Crippen molar-refractivity contribution in [3.63, 3.8) is 0 Å². The van der Waals surface area contributed by atoms with Gasteiger partial charge < -0.3 is 9.47 Å². The van der Waals surface area contributed by atoms with Crippen LogP contribution in [0.1, 0.15) is 111 Å². The zero-order chi connectivity index (χ0) is 20.8. The molecular formula is C24H40O4. The maximum Gasteiger partial charge on any atom is 0.307 e. The Bertz CT molecular complexity index is 545. The Hall–Kier alpha value is -1.58. The summed E-state index contributed by atoms with van der Waals surface area (Å²) in [5.41, 5.74) is 1.38. The highest BCUT2D eigenvalue weighted by atomic mass is 16.5. The third-order valence-electron chi connectivity index (χ3n) is 5.31. The molecule has 0 aliphatic heterocycles. The van der Waals surface area contributed by atoms with Crippen molar-refractivity contribution in [2.45, 2.75) is 111 Å².